The predicted molar refractivity (Wildman–Crippen MR) is 291 cm³/mol. The van der Waals surface area contributed by atoms with Gasteiger partial charge in [-0.3, -0.25) is 4.98 Å². The van der Waals surface area contributed by atoms with Crippen LogP contribution in [0.25, 0.3) is 111 Å². The molecule has 0 spiro atoms. The van der Waals surface area contributed by atoms with Gasteiger partial charge in [0.05, 0.1) is 0 Å². The molecule has 0 fully saturated rings. The Hall–Kier alpha value is -9.16. The molecule has 0 amide bonds. The second kappa shape index (κ2) is 17.6. The Morgan fingerprint density at radius 3 is 1.58 bits per heavy atom. The van der Waals surface area contributed by atoms with E-state index in [-0.39, 0.29) is 0 Å². The molecule has 0 aliphatic rings. The summed E-state index contributed by atoms with van der Waals surface area (Å²) in [6.07, 6.45) is 5.52. The summed E-state index contributed by atoms with van der Waals surface area (Å²) in [6, 6.07) is 86.4. The Labute approximate surface area is 431 Å². The van der Waals surface area contributed by atoms with Gasteiger partial charge in [-0.05, 0) is 23.8 Å². The first-order chi connectivity index (χ1) is 36.1. The van der Waals surface area contributed by atoms with Gasteiger partial charge in [0.1, 0.15) is 0 Å². The summed E-state index contributed by atoms with van der Waals surface area (Å²) in [7, 11) is 0. The standard InChI is InChI=1S/C65H40N6O.Pt/c1-3-16-45(17-4-1)52-23-15-24-53(46-18-5-2-6-19-46)65(52)69-43-68(61-28-13-14-29-62(61)69)48-38-49(70-58-25-10-7-20-54(58)55-21-8-11-26-59(55)70)40-51(39-48)72-50-31-32-57-56-22-9-12-27-60(56)71(63(57)41-50)64-33-30-47(42-67-64)44-34-36-66-37-35-44;/h1-38,40,42H;/q-2;. The Morgan fingerprint density at radius 2 is 0.959 bits per heavy atom. The summed E-state index contributed by atoms with van der Waals surface area (Å²) in [4.78, 5) is 9.22. The van der Waals surface area contributed by atoms with E-state index in [1.54, 1.807) is 12.4 Å². The minimum absolute atomic E-state index is 0.544. The Balaban J connectivity index is 0.988. The number of para-hydroxylation sites is 6. The maximum atomic E-state index is 7.09. The van der Waals surface area contributed by atoms with Crippen molar-refractivity contribution < 1.29 is 24.1 Å². The number of fused-ring (bicyclic) bond motifs is 7. The van der Waals surface area contributed by atoms with Crippen molar-refractivity contribution in [1.29, 1.82) is 0 Å². The molecule has 348 valence electrons. The molecule has 0 unspecified atom stereocenters. The number of ether oxygens (including phenoxy) is 1. The van der Waals surface area contributed by atoms with Crippen molar-refractivity contribution >= 4 is 54.6 Å². The first kappa shape index (κ1) is 42.7. The fraction of sp³-hybridized carbons (Fsp3) is 0. The molecular formula is C65H40N6OPt-2. The zero-order chi connectivity index (χ0) is 48.4. The van der Waals surface area contributed by atoms with E-state index in [1.807, 2.05) is 24.4 Å². The molecule has 0 aliphatic carbocycles. The fourth-order valence-corrected chi connectivity index (χ4v) is 11.7. The van der Waals surface area contributed by atoms with E-state index in [0.29, 0.717) is 11.5 Å². The number of rotatable bonds is 9. The zero-order valence-electron chi connectivity index (χ0n) is 39.0. The van der Waals surface area contributed by atoms with Gasteiger partial charge in [-0.25, -0.2) is 0 Å². The van der Waals surface area contributed by atoms with Gasteiger partial charge < -0.3 is 0 Å². The Bertz CT molecular complexity index is 4370. The third-order valence-corrected chi connectivity index (χ3v) is 14.8. The van der Waals surface area contributed by atoms with Crippen LogP contribution < -0.4 is 4.74 Å². The van der Waals surface area contributed by atoms with Crippen molar-refractivity contribution in [3.05, 3.63) is 259 Å². The molecule has 0 radical (unpaired) electrons. The van der Waals surface area contributed by atoms with E-state index in [2.05, 4.69) is 261 Å². The van der Waals surface area contributed by atoms with Crippen LogP contribution in [0, 0.1) is 15.9 Å². The van der Waals surface area contributed by atoms with E-state index in [4.69, 9.17) is 9.72 Å². The van der Waals surface area contributed by atoms with Gasteiger partial charge in [0.25, 0.3) is 0 Å². The number of nitrogens with zero attached hydrogens (tertiary/aromatic N) is 6. The fourth-order valence-electron chi connectivity index (χ4n) is 10.6. The molecule has 0 atom stereocenters. The van der Waals surface area contributed by atoms with Crippen LogP contribution in [-0.4, -0.2) is 28.2 Å². The van der Waals surface area contributed by atoms with Gasteiger partial charge in [0.15, 0.2) is 0 Å². The monoisotopic (exact) mass is 1120 g/mol. The normalized spacial score (nSPS) is 11.6. The van der Waals surface area contributed by atoms with E-state index in [1.165, 1.54) is 10.8 Å². The Morgan fingerprint density at radius 1 is 0.397 bits per heavy atom. The van der Waals surface area contributed by atoms with Gasteiger partial charge in [-0.1, -0.05) is 12.1 Å². The molecule has 0 saturated carbocycles. The molecule has 8 heteroatoms. The SMILES string of the molecule is [Pt]=[c]1n(-c2[c-]c(Oc3[c-]c4c(cc3)c3ccccc3n4-c3ccc(-c4ccncc4)cn3)cc(-n3c4ccccc4c4ccccc43)c2)c2ccccc2n1-c1c(-c2ccccc2)cccc1-c1ccccc1. The first-order valence-corrected chi connectivity index (χ1v) is 25.3. The summed E-state index contributed by atoms with van der Waals surface area (Å²) >= 11 is 2.51. The average molecular weight is 1120 g/mol. The third kappa shape index (κ3) is 7.19. The Kier molecular flexibility index (Phi) is 10.3. The van der Waals surface area contributed by atoms with Crippen molar-refractivity contribution in [2.45, 2.75) is 0 Å². The van der Waals surface area contributed by atoms with E-state index in [9.17, 15) is 0 Å². The predicted octanol–water partition coefficient (Wildman–Crippen LogP) is 15.9. The summed E-state index contributed by atoms with van der Waals surface area (Å²) in [6.45, 7) is 0. The number of benzene rings is 9. The van der Waals surface area contributed by atoms with Crippen molar-refractivity contribution in [1.82, 2.24) is 28.2 Å². The number of hydrogen-bond donors (Lipinski definition) is 0. The quantitative estimate of drug-likeness (QED) is 0.135. The van der Waals surface area contributed by atoms with Gasteiger partial charge in [-0.2, -0.15) is 0 Å². The summed E-state index contributed by atoms with van der Waals surface area (Å²) in [5, 5.41) is 4.51. The topological polar surface area (TPSA) is 54.7 Å². The van der Waals surface area contributed by atoms with Gasteiger partial charge in [-0.15, -0.1) is 0 Å². The number of pyridine rings is 2. The molecule has 5 aromatic heterocycles. The second-order valence-electron chi connectivity index (χ2n) is 18.0. The molecule has 9 aromatic carbocycles. The minimum atomic E-state index is 0.544. The van der Waals surface area contributed by atoms with Crippen LogP contribution >= 0.6 is 0 Å². The van der Waals surface area contributed by atoms with Crippen molar-refractivity contribution in [2.24, 2.45) is 0 Å². The molecule has 14 rings (SSSR count). The summed E-state index contributed by atoms with van der Waals surface area (Å²) < 4.78 is 17.3. The van der Waals surface area contributed by atoms with Crippen molar-refractivity contribution in [3.8, 4) is 67.8 Å². The number of imidazole rings is 1. The van der Waals surface area contributed by atoms with Gasteiger partial charge >= 0.3 is 369 Å². The first-order valence-electron chi connectivity index (χ1n) is 24.1. The van der Waals surface area contributed by atoms with Crippen LogP contribution in [0.4, 0.5) is 0 Å². The summed E-state index contributed by atoms with van der Waals surface area (Å²) in [5.74, 6) is 1.88. The van der Waals surface area contributed by atoms with Crippen LogP contribution in [0.1, 0.15) is 0 Å². The van der Waals surface area contributed by atoms with Crippen LogP contribution in [0.5, 0.6) is 11.5 Å². The van der Waals surface area contributed by atoms with Gasteiger partial charge in [0.2, 0.25) is 0 Å². The van der Waals surface area contributed by atoms with Crippen LogP contribution in [0.15, 0.2) is 243 Å². The third-order valence-electron chi connectivity index (χ3n) is 13.8. The van der Waals surface area contributed by atoms with Crippen molar-refractivity contribution in [2.75, 3.05) is 0 Å². The van der Waals surface area contributed by atoms with E-state index < -0.39 is 0 Å². The molecule has 5 heterocycles. The second-order valence-corrected chi connectivity index (χ2v) is 19.0. The molecule has 7 nitrogen and oxygen atoms in total. The average Bonchev–Trinajstić information content (AvgIpc) is 4.08. The molecule has 73 heavy (non-hydrogen) atoms. The maximum absolute atomic E-state index is 7.09. The molecule has 14 aromatic rings. The van der Waals surface area contributed by atoms with Crippen LogP contribution in [0.3, 0.4) is 0 Å². The van der Waals surface area contributed by atoms with Crippen LogP contribution in [0.2, 0.25) is 0 Å². The zero-order valence-corrected chi connectivity index (χ0v) is 41.3. The van der Waals surface area contributed by atoms with Crippen LogP contribution in [-0.2, 0) is 19.4 Å². The number of aromatic nitrogens is 6. The van der Waals surface area contributed by atoms with E-state index in [0.717, 1.165) is 104 Å². The van der Waals surface area contributed by atoms with Crippen molar-refractivity contribution in [3.63, 3.8) is 0 Å². The van der Waals surface area contributed by atoms with Gasteiger partial charge in [0, 0.05) is 24.2 Å². The summed E-state index contributed by atoms with van der Waals surface area (Å²) in [5.41, 5.74) is 15.6. The molecule has 0 saturated heterocycles. The van der Waals surface area contributed by atoms with E-state index >= 15 is 0 Å². The molecule has 0 bridgehead atoms. The molecule has 0 aliphatic heterocycles. The molecule has 0 N–H and O–H groups in total. The molecular weight excluding hydrogens is 1080 g/mol. The number of hydrogen-bond acceptors (Lipinski definition) is 3.